The Morgan fingerprint density at radius 1 is 1.17 bits per heavy atom. The summed E-state index contributed by atoms with van der Waals surface area (Å²) in [6, 6.07) is 14.6. The average Bonchev–Trinajstić information content (AvgIpc) is 2.61. The van der Waals surface area contributed by atoms with Crippen molar-refractivity contribution in [3.8, 4) is 5.75 Å². The Morgan fingerprint density at radius 3 is 2.70 bits per heavy atom. The minimum Gasteiger partial charge on any atom is -0.489 e. The quantitative estimate of drug-likeness (QED) is 0.619. The molecule has 0 spiro atoms. The van der Waals surface area contributed by atoms with Gasteiger partial charge in [0.25, 0.3) is 5.69 Å². The Balaban J connectivity index is 1.85. The molecule has 0 amide bonds. The van der Waals surface area contributed by atoms with Crippen LogP contribution in [0.3, 0.4) is 0 Å². The van der Waals surface area contributed by atoms with Crippen molar-refractivity contribution in [2.45, 2.75) is 13.0 Å². The molecular formula is C18H17NO4. The molecule has 0 N–H and O–H groups in total. The predicted octanol–water partition coefficient (Wildman–Crippen LogP) is 3.98. The molecule has 0 aliphatic carbocycles. The van der Waals surface area contributed by atoms with Crippen molar-refractivity contribution >= 4 is 11.3 Å². The Kier molecular flexibility index (Phi) is 4.68. The number of nitro benzene ring substituents is 1. The molecule has 2 aromatic rings. The van der Waals surface area contributed by atoms with Gasteiger partial charge in [0, 0.05) is 6.07 Å². The van der Waals surface area contributed by atoms with Gasteiger partial charge in [0.15, 0.2) is 0 Å². The lowest BCUT2D eigenvalue weighted by Gasteiger charge is -2.15. The van der Waals surface area contributed by atoms with Crippen molar-refractivity contribution in [3.63, 3.8) is 0 Å². The van der Waals surface area contributed by atoms with Gasteiger partial charge in [-0.2, -0.15) is 0 Å². The van der Waals surface area contributed by atoms with Crippen LogP contribution in [-0.4, -0.2) is 18.1 Å². The van der Waals surface area contributed by atoms with E-state index in [1.165, 1.54) is 6.07 Å². The number of hydrogen-bond donors (Lipinski definition) is 0. The first-order valence-corrected chi connectivity index (χ1v) is 7.46. The molecule has 0 atom stereocenters. The lowest BCUT2D eigenvalue weighted by atomic mass is 10.0. The second-order valence-corrected chi connectivity index (χ2v) is 5.30. The first-order valence-electron chi connectivity index (χ1n) is 7.46. The molecule has 0 fully saturated rings. The van der Waals surface area contributed by atoms with Crippen molar-refractivity contribution in [3.05, 3.63) is 75.8 Å². The number of rotatable bonds is 5. The van der Waals surface area contributed by atoms with Gasteiger partial charge >= 0.3 is 0 Å². The summed E-state index contributed by atoms with van der Waals surface area (Å²) in [6.45, 7) is 1.55. The molecule has 5 heteroatoms. The van der Waals surface area contributed by atoms with Crippen LogP contribution in [0, 0.1) is 10.1 Å². The summed E-state index contributed by atoms with van der Waals surface area (Å²) >= 11 is 0. The molecule has 0 radical (unpaired) electrons. The van der Waals surface area contributed by atoms with E-state index >= 15 is 0 Å². The molecule has 0 unspecified atom stereocenters. The summed E-state index contributed by atoms with van der Waals surface area (Å²) in [6.07, 6.45) is 2.71. The molecular weight excluding hydrogens is 294 g/mol. The van der Waals surface area contributed by atoms with Crippen LogP contribution in [0.5, 0.6) is 5.75 Å². The van der Waals surface area contributed by atoms with Crippen molar-refractivity contribution in [1.82, 2.24) is 0 Å². The third-order valence-electron chi connectivity index (χ3n) is 3.68. The van der Waals surface area contributed by atoms with Gasteiger partial charge in [-0.1, -0.05) is 36.4 Å². The van der Waals surface area contributed by atoms with Crippen LogP contribution in [-0.2, 0) is 11.3 Å². The molecule has 1 aliphatic heterocycles. The lowest BCUT2D eigenvalue weighted by Crippen LogP contribution is -2.04. The van der Waals surface area contributed by atoms with Crippen LogP contribution < -0.4 is 4.74 Å². The number of non-ortho nitro benzene ring substituents is 1. The normalized spacial score (nSPS) is 14.2. The Labute approximate surface area is 134 Å². The first-order chi connectivity index (χ1) is 11.2. The molecule has 2 aromatic carbocycles. The topological polar surface area (TPSA) is 61.6 Å². The van der Waals surface area contributed by atoms with E-state index in [9.17, 15) is 10.1 Å². The van der Waals surface area contributed by atoms with Crippen LogP contribution in [0.4, 0.5) is 5.69 Å². The van der Waals surface area contributed by atoms with Crippen LogP contribution in [0.15, 0.2) is 54.6 Å². The fourth-order valence-corrected chi connectivity index (χ4v) is 2.49. The van der Waals surface area contributed by atoms with Crippen molar-refractivity contribution < 1.29 is 14.4 Å². The third-order valence-corrected chi connectivity index (χ3v) is 3.68. The number of ether oxygens (including phenoxy) is 2. The van der Waals surface area contributed by atoms with Crippen LogP contribution >= 0.6 is 0 Å². The fraction of sp³-hybridized carbons (Fsp3) is 0.222. The minimum atomic E-state index is -0.390. The molecule has 1 aliphatic rings. The molecule has 1 heterocycles. The first kappa shape index (κ1) is 15.2. The summed E-state index contributed by atoms with van der Waals surface area (Å²) in [5, 5.41) is 11.2. The molecule has 118 valence electrons. The summed E-state index contributed by atoms with van der Waals surface area (Å²) < 4.78 is 11.0. The van der Waals surface area contributed by atoms with E-state index in [-0.39, 0.29) is 5.69 Å². The van der Waals surface area contributed by atoms with Gasteiger partial charge in [-0.15, -0.1) is 0 Å². The van der Waals surface area contributed by atoms with Gasteiger partial charge in [0.1, 0.15) is 12.4 Å². The maximum absolute atomic E-state index is 11.2. The zero-order valence-electron chi connectivity index (χ0n) is 12.6. The monoisotopic (exact) mass is 311 g/mol. The van der Waals surface area contributed by atoms with Gasteiger partial charge in [-0.25, -0.2) is 0 Å². The standard InChI is InChI=1S/C18H17NO4/c20-19(21)17-10-16(15-6-8-22-9-7-15)11-18(12-17)23-13-14-4-2-1-3-5-14/h1-6,10-12H,7-9,13H2. The van der Waals surface area contributed by atoms with Crippen molar-refractivity contribution in [2.75, 3.05) is 13.2 Å². The maximum atomic E-state index is 11.2. The van der Waals surface area contributed by atoms with Crippen LogP contribution in [0.25, 0.3) is 5.57 Å². The highest BCUT2D eigenvalue weighted by Gasteiger charge is 2.14. The highest BCUT2D eigenvalue weighted by atomic mass is 16.6. The number of benzene rings is 2. The van der Waals surface area contributed by atoms with Gasteiger partial charge in [0.05, 0.1) is 24.2 Å². The highest BCUT2D eigenvalue weighted by molar-refractivity contribution is 5.69. The summed E-state index contributed by atoms with van der Waals surface area (Å²) in [4.78, 5) is 10.8. The van der Waals surface area contributed by atoms with Gasteiger partial charge in [0.2, 0.25) is 0 Å². The van der Waals surface area contributed by atoms with Crippen LogP contribution in [0.1, 0.15) is 17.5 Å². The third kappa shape index (κ3) is 3.96. The molecule has 0 saturated heterocycles. The van der Waals surface area contributed by atoms with E-state index in [0.29, 0.717) is 25.6 Å². The van der Waals surface area contributed by atoms with E-state index in [1.54, 1.807) is 6.07 Å². The number of nitrogens with zero attached hydrogens (tertiary/aromatic N) is 1. The second-order valence-electron chi connectivity index (χ2n) is 5.30. The van der Waals surface area contributed by atoms with Crippen LogP contribution in [0.2, 0.25) is 0 Å². The van der Waals surface area contributed by atoms with E-state index < -0.39 is 4.92 Å². The van der Waals surface area contributed by atoms with Crippen molar-refractivity contribution in [2.24, 2.45) is 0 Å². The second kappa shape index (κ2) is 7.07. The highest BCUT2D eigenvalue weighted by Crippen LogP contribution is 2.30. The minimum absolute atomic E-state index is 0.0398. The van der Waals surface area contributed by atoms with E-state index in [1.807, 2.05) is 42.5 Å². The molecule has 5 nitrogen and oxygen atoms in total. The molecule has 3 rings (SSSR count). The molecule has 0 saturated carbocycles. The predicted molar refractivity (Wildman–Crippen MR) is 87.3 cm³/mol. The number of hydrogen-bond acceptors (Lipinski definition) is 4. The lowest BCUT2D eigenvalue weighted by molar-refractivity contribution is -0.385. The Morgan fingerprint density at radius 2 is 2.00 bits per heavy atom. The Bertz CT molecular complexity index is 725. The Hall–Kier alpha value is -2.66. The summed E-state index contributed by atoms with van der Waals surface area (Å²) in [7, 11) is 0. The average molecular weight is 311 g/mol. The van der Waals surface area contributed by atoms with E-state index in [2.05, 4.69) is 0 Å². The number of nitro groups is 1. The largest absolute Gasteiger partial charge is 0.489 e. The zero-order valence-corrected chi connectivity index (χ0v) is 12.6. The molecule has 0 bridgehead atoms. The molecule has 23 heavy (non-hydrogen) atoms. The van der Waals surface area contributed by atoms with Crippen molar-refractivity contribution in [1.29, 1.82) is 0 Å². The SMILES string of the molecule is O=[N+]([O-])c1cc(OCc2ccccc2)cc(C2=CCOCC2)c1. The van der Waals surface area contributed by atoms with E-state index in [4.69, 9.17) is 9.47 Å². The van der Waals surface area contributed by atoms with Gasteiger partial charge in [-0.3, -0.25) is 10.1 Å². The molecule has 0 aromatic heterocycles. The van der Waals surface area contributed by atoms with Gasteiger partial charge < -0.3 is 9.47 Å². The fourth-order valence-electron chi connectivity index (χ4n) is 2.49. The zero-order chi connectivity index (χ0) is 16.1. The smallest absolute Gasteiger partial charge is 0.273 e. The maximum Gasteiger partial charge on any atom is 0.273 e. The summed E-state index contributed by atoms with van der Waals surface area (Å²) in [5.41, 5.74) is 2.94. The summed E-state index contributed by atoms with van der Waals surface area (Å²) in [5.74, 6) is 0.505. The van der Waals surface area contributed by atoms with E-state index in [0.717, 1.165) is 23.1 Å². The van der Waals surface area contributed by atoms with Gasteiger partial charge in [-0.05, 0) is 29.2 Å².